The number of nitrogens with one attached hydrogen (secondary N) is 1. The molecule has 0 aromatic heterocycles. The van der Waals surface area contributed by atoms with Crippen molar-refractivity contribution in [2.45, 2.75) is 44.6 Å². The molecule has 1 spiro atoms. The highest BCUT2D eigenvalue weighted by Gasteiger charge is 2.45. The van der Waals surface area contributed by atoms with E-state index in [0.29, 0.717) is 0 Å². The molecule has 1 aliphatic carbocycles. The summed E-state index contributed by atoms with van der Waals surface area (Å²) in [5.41, 5.74) is 1.36. The summed E-state index contributed by atoms with van der Waals surface area (Å²) in [4.78, 5) is 12.2. The molecule has 1 aliphatic heterocycles. The van der Waals surface area contributed by atoms with Crippen molar-refractivity contribution < 1.29 is 9.53 Å². The molecule has 1 N–H and O–H groups in total. The molecule has 3 nitrogen and oxygen atoms in total. The van der Waals surface area contributed by atoms with E-state index in [1.54, 1.807) is 0 Å². The molecule has 0 bridgehead atoms. The predicted molar refractivity (Wildman–Crippen MR) is 66.3 cm³/mol. The molecule has 1 fully saturated rings. The minimum absolute atomic E-state index is 0.0357. The van der Waals surface area contributed by atoms with E-state index >= 15 is 0 Å². The Bertz CT molecular complexity index is 461. The first kappa shape index (κ1) is 10.6. The summed E-state index contributed by atoms with van der Waals surface area (Å²) < 4.78 is 6.04. The maximum atomic E-state index is 12.2. The average molecular weight is 231 g/mol. The molecule has 2 aliphatic rings. The third-order valence-electron chi connectivity index (χ3n) is 3.77. The Hall–Kier alpha value is -1.51. The highest BCUT2D eigenvalue weighted by atomic mass is 16.5. The van der Waals surface area contributed by atoms with E-state index in [0.717, 1.165) is 42.7 Å². The van der Waals surface area contributed by atoms with E-state index in [9.17, 15) is 4.79 Å². The number of ether oxygens (including phenoxy) is 1. The lowest BCUT2D eigenvalue weighted by molar-refractivity contribution is -0.135. The third-order valence-corrected chi connectivity index (χ3v) is 3.77. The van der Waals surface area contributed by atoms with Gasteiger partial charge in [0, 0.05) is 0 Å². The number of hydrogen-bond acceptors (Lipinski definition) is 2. The first-order chi connectivity index (χ1) is 8.20. The second-order valence-corrected chi connectivity index (χ2v) is 5.11. The maximum Gasteiger partial charge on any atom is 0.268 e. The van der Waals surface area contributed by atoms with Crippen LogP contribution in [-0.2, 0) is 4.79 Å². The van der Waals surface area contributed by atoms with Gasteiger partial charge in [-0.15, -0.1) is 0 Å². The molecule has 3 heteroatoms. The van der Waals surface area contributed by atoms with Crippen molar-refractivity contribution in [1.29, 1.82) is 0 Å². The summed E-state index contributed by atoms with van der Waals surface area (Å²) in [7, 11) is 0. The Labute approximate surface area is 101 Å². The van der Waals surface area contributed by atoms with E-state index < -0.39 is 5.60 Å². The lowest BCUT2D eigenvalue weighted by Crippen LogP contribution is -2.51. The van der Waals surface area contributed by atoms with Crippen molar-refractivity contribution in [3.05, 3.63) is 23.8 Å². The van der Waals surface area contributed by atoms with Crippen molar-refractivity contribution >= 4 is 11.6 Å². The fourth-order valence-corrected chi connectivity index (χ4v) is 2.76. The minimum Gasteiger partial charge on any atom is -0.475 e. The Morgan fingerprint density at radius 1 is 1.24 bits per heavy atom. The fourth-order valence-electron chi connectivity index (χ4n) is 2.76. The second-order valence-electron chi connectivity index (χ2n) is 5.11. The molecular formula is C14H17NO2. The highest BCUT2D eigenvalue weighted by Crippen LogP contribution is 2.41. The van der Waals surface area contributed by atoms with Crippen LogP contribution in [0.3, 0.4) is 0 Å². The number of fused-ring (bicyclic) bond motifs is 1. The minimum atomic E-state index is -0.598. The topological polar surface area (TPSA) is 38.3 Å². The number of rotatable bonds is 0. The van der Waals surface area contributed by atoms with Gasteiger partial charge in [0.1, 0.15) is 5.75 Å². The van der Waals surface area contributed by atoms with Crippen LogP contribution in [0, 0.1) is 6.92 Å². The van der Waals surface area contributed by atoms with Gasteiger partial charge in [-0.1, -0.05) is 12.5 Å². The molecule has 0 saturated heterocycles. The summed E-state index contributed by atoms with van der Waals surface area (Å²) in [6.07, 6.45) is 5.04. The van der Waals surface area contributed by atoms with Gasteiger partial charge in [-0.25, -0.2) is 0 Å². The van der Waals surface area contributed by atoms with Gasteiger partial charge >= 0.3 is 0 Å². The zero-order valence-electron chi connectivity index (χ0n) is 10.1. The van der Waals surface area contributed by atoms with Gasteiger partial charge in [0.05, 0.1) is 5.69 Å². The lowest BCUT2D eigenvalue weighted by atomic mass is 9.83. The molecule has 0 atom stereocenters. The summed E-state index contributed by atoms with van der Waals surface area (Å²) in [6.45, 7) is 2.04. The van der Waals surface area contributed by atoms with E-state index in [4.69, 9.17) is 4.74 Å². The van der Waals surface area contributed by atoms with Crippen molar-refractivity contribution in [3.8, 4) is 5.75 Å². The lowest BCUT2D eigenvalue weighted by Gasteiger charge is -2.39. The van der Waals surface area contributed by atoms with Gasteiger partial charge in [-0.2, -0.15) is 0 Å². The van der Waals surface area contributed by atoms with Crippen LogP contribution in [0.1, 0.15) is 37.7 Å². The largest absolute Gasteiger partial charge is 0.475 e. The first-order valence-electron chi connectivity index (χ1n) is 6.31. The summed E-state index contributed by atoms with van der Waals surface area (Å²) >= 11 is 0. The van der Waals surface area contributed by atoms with E-state index in [2.05, 4.69) is 5.32 Å². The predicted octanol–water partition coefficient (Wildman–Crippen LogP) is 3.03. The third kappa shape index (κ3) is 1.70. The van der Waals surface area contributed by atoms with Crippen molar-refractivity contribution in [2.75, 3.05) is 5.32 Å². The SMILES string of the molecule is Cc1ccc2c(c1)OC1(CCCCC1)C(=O)N2. The molecule has 0 radical (unpaired) electrons. The summed E-state index contributed by atoms with van der Waals surface area (Å²) in [6, 6.07) is 5.91. The molecule has 17 heavy (non-hydrogen) atoms. The standard InChI is InChI=1S/C14H17NO2/c1-10-5-6-11-12(9-10)17-14(13(16)15-11)7-3-2-4-8-14/h5-6,9H,2-4,7-8H2,1H3,(H,15,16). The molecule has 1 aromatic carbocycles. The number of aryl methyl sites for hydroxylation is 1. The fraction of sp³-hybridized carbons (Fsp3) is 0.500. The van der Waals surface area contributed by atoms with Crippen molar-refractivity contribution in [1.82, 2.24) is 0 Å². The molecule has 1 aromatic rings. The van der Waals surface area contributed by atoms with Crippen molar-refractivity contribution in [2.24, 2.45) is 0 Å². The van der Waals surface area contributed by atoms with Crippen LogP contribution in [0.25, 0.3) is 0 Å². The second kappa shape index (κ2) is 3.76. The molecular weight excluding hydrogens is 214 g/mol. The van der Waals surface area contributed by atoms with Crippen molar-refractivity contribution in [3.63, 3.8) is 0 Å². The van der Waals surface area contributed by atoms with Gasteiger partial charge in [0.25, 0.3) is 5.91 Å². The molecule has 1 amide bonds. The van der Waals surface area contributed by atoms with Gasteiger partial charge in [0.2, 0.25) is 0 Å². The first-order valence-corrected chi connectivity index (χ1v) is 6.31. The number of amides is 1. The van der Waals surface area contributed by atoms with Crippen LogP contribution in [0.2, 0.25) is 0 Å². The van der Waals surface area contributed by atoms with Crippen LogP contribution in [-0.4, -0.2) is 11.5 Å². The quantitative estimate of drug-likeness (QED) is 0.745. The Kier molecular flexibility index (Phi) is 2.35. The Morgan fingerprint density at radius 2 is 2.00 bits per heavy atom. The molecule has 3 rings (SSSR count). The zero-order valence-corrected chi connectivity index (χ0v) is 10.1. The zero-order chi connectivity index (χ0) is 11.9. The molecule has 0 unspecified atom stereocenters. The maximum absolute atomic E-state index is 12.2. The van der Waals surface area contributed by atoms with E-state index in [-0.39, 0.29) is 5.91 Å². The molecule has 1 heterocycles. The van der Waals surface area contributed by atoms with Crippen LogP contribution >= 0.6 is 0 Å². The Balaban J connectivity index is 1.98. The normalized spacial score (nSPS) is 21.6. The number of hydrogen-bond donors (Lipinski definition) is 1. The number of carbonyl (C=O) groups is 1. The number of anilines is 1. The van der Waals surface area contributed by atoms with Gasteiger partial charge < -0.3 is 10.1 Å². The number of benzene rings is 1. The van der Waals surface area contributed by atoms with Crippen LogP contribution < -0.4 is 10.1 Å². The van der Waals surface area contributed by atoms with Crippen LogP contribution in [0.4, 0.5) is 5.69 Å². The highest BCUT2D eigenvalue weighted by molar-refractivity contribution is 6.00. The molecule has 1 saturated carbocycles. The monoisotopic (exact) mass is 231 g/mol. The molecule has 90 valence electrons. The van der Waals surface area contributed by atoms with Crippen LogP contribution in [0.15, 0.2) is 18.2 Å². The summed E-state index contributed by atoms with van der Waals surface area (Å²) in [5, 5.41) is 2.98. The van der Waals surface area contributed by atoms with E-state index in [1.807, 2.05) is 25.1 Å². The smallest absolute Gasteiger partial charge is 0.268 e. The van der Waals surface area contributed by atoms with Crippen LogP contribution in [0.5, 0.6) is 5.75 Å². The number of carbonyl (C=O) groups excluding carboxylic acids is 1. The van der Waals surface area contributed by atoms with Gasteiger partial charge in [-0.05, 0) is 50.3 Å². The summed E-state index contributed by atoms with van der Waals surface area (Å²) in [5.74, 6) is 0.861. The average Bonchev–Trinajstić information content (AvgIpc) is 2.32. The Morgan fingerprint density at radius 3 is 2.76 bits per heavy atom. The van der Waals surface area contributed by atoms with E-state index in [1.165, 1.54) is 6.42 Å². The van der Waals surface area contributed by atoms with Gasteiger partial charge in [-0.3, -0.25) is 4.79 Å². The van der Waals surface area contributed by atoms with Gasteiger partial charge in [0.15, 0.2) is 5.60 Å².